The molecule has 1 rings (SSSR count). The van der Waals surface area contributed by atoms with E-state index in [1.54, 1.807) is 0 Å². The van der Waals surface area contributed by atoms with Crippen molar-refractivity contribution in [2.24, 2.45) is 5.92 Å². The van der Waals surface area contributed by atoms with E-state index < -0.39 is 0 Å². The van der Waals surface area contributed by atoms with E-state index in [1.807, 2.05) is 13.8 Å². The monoisotopic (exact) mass is 201 g/mol. The van der Waals surface area contributed by atoms with Crippen LogP contribution in [0.25, 0.3) is 0 Å². The largest absolute Gasteiger partial charge is 0.352 e. The minimum atomic E-state index is -0.152. The summed E-state index contributed by atoms with van der Waals surface area (Å²) in [6, 6.07) is 0.417. The molecule has 1 N–H and O–H groups in total. The quantitative estimate of drug-likeness (QED) is 0.672. The highest BCUT2D eigenvalue weighted by Gasteiger charge is 2.22. The lowest BCUT2D eigenvalue weighted by Crippen LogP contribution is -2.39. The fourth-order valence-electron chi connectivity index (χ4n) is 1.66. The first kappa shape index (κ1) is 10.9. The smallest absolute Gasteiger partial charge is 0.233 e. The van der Waals surface area contributed by atoms with Gasteiger partial charge in [-0.15, -0.1) is 0 Å². The Kier molecular flexibility index (Phi) is 4.10. The molecule has 1 unspecified atom stereocenters. The highest BCUT2D eigenvalue weighted by atomic mass is 32.1. The lowest BCUT2D eigenvalue weighted by molar-refractivity contribution is -0.121. The molecule has 0 aromatic rings. The summed E-state index contributed by atoms with van der Waals surface area (Å²) in [7, 11) is 0. The number of rotatable bonds is 3. The Morgan fingerprint density at radius 1 is 1.38 bits per heavy atom. The van der Waals surface area contributed by atoms with Gasteiger partial charge >= 0.3 is 0 Å². The summed E-state index contributed by atoms with van der Waals surface area (Å²) in [5.74, 6) is 0.412. The van der Waals surface area contributed by atoms with Crippen molar-refractivity contribution in [3.05, 3.63) is 0 Å². The van der Waals surface area contributed by atoms with Crippen molar-refractivity contribution < 1.29 is 4.79 Å². The zero-order valence-corrected chi connectivity index (χ0v) is 9.31. The molecule has 0 aromatic heterocycles. The van der Waals surface area contributed by atoms with Crippen molar-refractivity contribution in [2.75, 3.05) is 0 Å². The Balaban J connectivity index is 2.31. The van der Waals surface area contributed by atoms with E-state index in [0.717, 1.165) is 12.8 Å². The molecule has 0 heterocycles. The molecule has 0 aromatic carbocycles. The van der Waals surface area contributed by atoms with Crippen molar-refractivity contribution in [1.82, 2.24) is 5.32 Å². The fourth-order valence-corrected chi connectivity index (χ4v) is 1.73. The lowest BCUT2D eigenvalue weighted by Gasteiger charge is -2.18. The fraction of sp³-hybridized carbons (Fsp3) is 0.900. The normalized spacial score (nSPS) is 20.6. The van der Waals surface area contributed by atoms with Gasteiger partial charge in [0.15, 0.2) is 0 Å². The topological polar surface area (TPSA) is 29.1 Å². The van der Waals surface area contributed by atoms with Crippen LogP contribution in [0.2, 0.25) is 0 Å². The van der Waals surface area contributed by atoms with Crippen LogP contribution in [0.3, 0.4) is 0 Å². The number of nitrogens with one attached hydrogen (secondary N) is 1. The highest BCUT2D eigenvalue weighted by molar-refractivity contribution is 7.81. The first-order valence-electron chi connectivity index (χ1n) is 5.09. The molecule has 0 bridgehead atoms. The zero-order valence-electron chi connectivity index (χ0n) is 8.42. The zero-order chi connectivity index (χ0) is 9.84. The van der Waals surface area contributed by atoms with Gasteiger partial charge in [-0.1, -0.05) is 26.7 Å². The molecule has 0 aliphatic heterocycles. The molecular weight excluding hydrogens is 182 g/mol. The van der Waals surface area contributed by atoms with E-state index in [1.165, 1.54) is 12.8 Å². The minimum Gasteiger partial charge on any atom is -0.352 e. The van der Waals surface area contributed by atoms with Gasteiger partial charge in [0.2, 0.25) is 5.91 Å². The Labute approximate surface area is 85.9 Å². The standard InChI is InChI=1S/C10H19NOS/c1-7(2)9(13)10(12)11-8-5-3-4-6-8/h7-9,13H,3-6H2,1-2H3,(H,11,12). The predicted molar refractivity (Wildman–Crippen MR) is 58.0 cm³/mol. The summed E-state index contributed by atoms with van der Waals surface area (Å²) in [6.45, 7) is 4.04. The molecule has 13 heavy (non-hydrogen) atoms. The first-order chi connectivity index (χ1) is 6.11. The molecule has 1 aliphatic rings. The third kappa shape index (κ3) is 3.22. The molecule has 0 radical (unpaired) electrons. The second-order valence-corrected chi connectivity index (χ2v) is 4.74. The van der Waals surface area contributed by atoms with Crippen molar-refractivity contribution in [2.45, 2.75) is 50.8 Å². The third-order valence-corrected chi connectivity index (χ3v) is 3.43. The molecular formula is C10H19NOS. The first-order valence-corrected chi connectivity index (χ1v) is 5.61. The average Bonchev–Trinajstić information content (AvgIpc) is 2.55. The molecule has 1 atom stereocenters. The Morgan fingerprint density at radius 2 is 1.92 bits per heavy atom. The number of hydrogen-bond acceptors (Lipinski definition) is 2. The Morgan fingerprint density at radius 3 is 2.38 bits per heavy atom. The summed E-state index contributed by atoms with van der Waals surface area (Å²) in [5, 5.41) is 2.89. The van der Waals surface area contributed by atoms with Gasteiger partial charge in [-0.2, -0.15) is 12.6 Å². The van der Waals surface area contributed by atoms with Crippen molar-refractivity contribution >= 4 is 18.5 Å². The third-order valence-electron chi connectivity index (χ3n) is 2.60. The summed E-state index contributed by atoms with van der Waals surface area (Å²) >= 11 is 4.28. The summed E-state index contributed by atoms with van der Waals surface area (Å²) in [4.78, 5) is 11.6. The molecule has 1 saturated carbocycles. The van der Waals surface area contributed by atoms with Crippen LogP contribution in [0.1, 0.15) is 39.5 Å². The van der Waals surface area contributed by atoms with Crippen LogP contribution in [-0.4, -0.2) is 17.2 Å². The number of amides is 1. The van der Waals surface area contributed by atoms with Crippen LogP contribution >= 0.6 is 12.6 Å². The number of carbonyl (C=O) groups excluding carboxylic acids is 1. The molecule has 0 spiro atoms. The van der Waals surface area contributed by atoms with E-state index in [9.17, 15) is 4.79 Å². The van der Waals surface area contributed by atoms with E-state index in [0.29, 0.717) is 12.0 Å². The van der Waals surface area contributed by atoms with Crippen molar-refractivity contribution in [1.29, 1.82) is 0 Å². The van der Waals surface area contributed by atoms with E-state index in [2.05, 4.69) is 17.9 Å². The van der Waals surface area contributed by atoms with Crippen LogP contribution in [0.4, 0.5) is 0 Å². The number of thiol groups is 1. The second-order valence-electron chi connectivity index (χ2n) is 4.18. The maximum absolute atomic E-state index is 11.6. The van der Waals surface area contributed by atoms with Gasteiger partial charge in [-0.3, -0.25) is 4.79 Å². The van der Waals surface area contributed by atoms with Gasteiger partial charge in [0.1, 0.15) is 0 Å². The van der Waals surface area contributed by atoms with Gasteiger partial charge in [0.05, 0.1) is 5.25 Å². The van der Waals surface area contributed by atoms with Crippen LogP contribution < -0.4 is 5.32 Å². The number of carbonyl (C=O) groups is 1. The molecule has 1 fully saturated rings. The SMILES string of the molecule is CC(C)C(S)C(=O)NC1CCCC1. The molecule has 2 nitrogen and oxygen atoms in total. The maximum Gasteiger partial charge on any atom is 0.233 e. The van der Waals surface area contributed by atoms with Gasteiger partial charge in [-0.05, 0) is 18.8 Å². The van der Waals surface area contributed by atoms with Crippen LogP contribution in [0.15, 0.2) is 0 Å². The Bertz CT molecular complexity index is 176. The molecule has 1 amide bonds. The van der Waals surface area contributed by atoms with Gasteiger partial charge in [-0.25, -0.2) is 0 Å². The second kappa shape index (κ2) is 4.89. The molecule has 76 valence electrons. The van der Waals surface area contributed by atoms with Gasteiger partial charge < -0.3 is 5.32 Å². The highest BCUT2D eigenvalue weighted by Crippen LogP contribution is 2.18. The maximum atomic E-state index is 11.6. The average molecular weight is 201 g/mol. The molecule has 3 heteroatoms. The van der Waals surface area contributed by atoms with Crippen LogP contribution in [0.5, 0.6) is 0 Å². The van der Waals surface area contributed by atoms with Crippen molar-refractivity contribution in [3.63, 3.8) is 0 Å². The van der Waals surface area contributed by atoms with Crippen LogP contribution in [-0.2, 0) is 4.79 Å². The van der Waals surface area contributed by atoms with Gasteiger partial charge in [0, 0.05) is 6.04 Å². The van der Waals surface area contributed by atoms with E-state index in [-0.39, 0.29) is 11.2 Å². The van der Waals surface area contributed by atoms with Gasteiger partial charge in [0.25, 0.3) is 0 Å². The summed E-state index contributed by atoms with van der Waals surface area (Å²) in [5.41, 5.74) is 0. The van der Waals surface area contributed by atoms with Crippen molar-refractivity contribution in [3.8, 4) is 0 Å². The predicted octanol–water partition coefficient (Wildman–Crippen LogP) is 2.00. The Hall–Kier alpha value is -0.180. The lowest BCUT2D eigenvalue weighted by atomic mass is 10.1. The van der Waals surface area contributed by atoms with E-state index >= 15 is 0 Å². The summed E-state index contributed by atoms with van der Waals surface area (Å²) < 4.78 is 0. The van der Waals surface area contributed by atoms with Crippen LogP contribution in [0, 0.1) is 5.92 Å². The van der Waals surface area contributed by atoms with E-state index in [4.69, 9.17) is 0 Å². The number of hydrogen-bond donors (Lipinski definition) is 2. The molecule has 1 aliphatic carbocycles. The minimum absolute atomic E-state index is 0.102. The molecule has 0 saturated heterocycles. The summed E-state index contributed by atoms with van der Waals surface area (Å²) in [6.07, 6.45) is 4.79.